The fourth-order valence-corrected chi connectivity index (χ4v) is 6.78. The van der Waals surface area contributed by atoms with Crippen molar-refractivity contribution in [1.29, 1.82) is 0 Å². The van der Waals surface area contributed by atoms with Crippen molar-refractivity contribution in [3.8, 4) is 5.75 Å². The number of aromatic nitrogens is 3. The van der Waals surface area contributed by atoms with Gasteiger partial charge in [-0.15, -0.1) is 0 Å². The molecule has 10 heteroatoms. The number of carbonyl (C=O) groups is 1. The van der Waals surface area contributed by atoms with Crippen LogP contribution in [0.3, 0.4) is 0 Å². The van der Waals surface area contributed by atoms with Crippen molar-refractivity contribution in [3.63, 3.8) is 0 Å². The summed E-state index contributed by atoms with van der Waals surface area (Å²) in [4.78, 5) is 31.7. The number of nitrogens with zero attached hydrogens (tertiary/aromatic N) is 6. The highest BCUT2D eigenvalue weighted by molar-refractivity contribution is 5.77. The van der Waals surface area contributed by atoms with Gasteiger partial charge in [-0.2, -0.15) is 0 Å². The molecule has 1 atom stereocenters. The van der Waals surface area contributed by atoms with E-state index in [-0.39, 0.29) is 17.6 Å². The van der Waals surface area contributed by atoms with Gasteiger partial charge in [0.2, 0.25) is 0 Å². The van der Waals surface area contributed by atoms with Crippen molar-refractivity contribution in [2.75, 3.05) is 58.8 Å². The Hall–Kier alpha value is -3.47. The maximum atomic E-state index is 13.6. The molecule has 0 amide bonds. The molecular formula is C36H50FN7O2. The van der Waals surface area contributed by atoms with E-state index in [0.717, 1.165) is 86.8 Å². The molecule has 248 valence electrons. The number of anilines is 1. The summed E-state index contributed by atoms with van der Waals surface area (Å²) < 4.78 is 20.2. The van der Waals surface area contributed by atoms with Crippen molar-refractivity contribution in [2.24, 2.45) is 5.41 Å². The number of rotatable bonds is 11. The standard InChI is InChI=1S/C30H35FN6O2.C6H15N/c1-36(2)10-7-26-28-25(5-8-33-26)34-9-6-27(28)39-24-13-30(14-24)17-37(18-30)29-21(15-32-19-35-29)11-20-3-4-23(31)12-22(20)16-38;1-5-7(4)6(2)3/h3-4,6,9,12,15-16,19,24,26,33H,5,7-8,10-11,13-14,17-18H2,1-2H3;6H,5H2,1-4H3. The van der Waals surface area contributed by atoms with Gasteiger partial charge in [-0.1, -0.05) is 13.0 Å². The second-order valence-electron chi connectivity index (χ2n) is 13.7. The molecule has 1 aromatic carbocycles. The van der Waals surface area contributed by atoms with Crippen LogP contribution in [-0.2, 0) is 12.8 Å². The Morgan fingerprint density at radius 2 is 1.93 bits per heavy atom. The van der Waals surface area contributed by atoms with Crippen molar-refractivity contribution >= 4 is 12.1 Å². The predicted octanol–water partition coefficient (Wildman–Crippen LogP) is 4.95. The number of hydrogen-bond acceptors (Lipinski definition) is 9. The van der Waals surface area contributed by atoms with E-state index in [9.17, 15) is 9.18 Å². The summed E-state index contributed by atoms with van der Waals surface area (Å²) in [5.74, 6) is 1.46. The molecule has 2 aliphatic heterocycles. The summed E-state index contributed by atoms with van der Waals surface area (Å²) in [5.41, 5.74) is 4.72. The molecule has 3 aromatic rings. The molecule has 1 aliphatic carbocycles. The van der Waals surface area contributed by atoms with E-state index >= 15 is 0 Å². The fourth-order valence-electron chi connectivity index (χ4n) is 6.78. The van der Waals surface area contributed by atoms with Gasteiger partial charge in [0, 0.05) is 79.1 Å². The minimum Gasteiger partial charge on any atom is -0.490 e. The van der Waals surface area contributed by atoms with Gasteiger partial charge in [0.25, 0.3) is 0 Å². The number of benzene rings is 1. The zero-order chi connectivity index (χ0) is 32.8. The number of halogens is 1. The minimum absolute atomic E-state index is 0.203. The smallest absolute Gasteiger partial charge is 0.150 e. The Balaban J connectivity index is 0.000000537. The lowest BCUT2D eigenvalue weighted by Gasteiger charge is -2.59. The van der Waals surface area contributed by atoms with Gasteiger partial charge in [0.1, 0.15) is 36.1 Å². The number of fused-ring (bicyclic) bond motifs is 1. The number of aldehydes is 1. The van der Waals surface area contributed by atoms with Crippen LogP contribution in [-0.4, -0.2) is 97.1 Å². The molecule has 3 aliphatic rings. The first kappa shape index (κ1) is 33.9. The van der Waals surface area contributed by atoms with E-state index in [2.05, 4.69) is 76.9 Å². The molecule has 0 radical (unpaired) electrons. The molecule has 1 saturated heterocycles. The van der Waals surface area contributed by atoms with Gasteiger partial charge in [-0.3, -0.25) is 9.78 Å². The quantitative estimate of drug-likeness (QED) is 0.296. The molecule has 1 unspecified atom stereocenters. The first-order valence-electron chi connectivity index (χ1n) is 16.6. The molecule has 1 saturated carbocycles. The number of pyridine rings is 1. The molecule has 2 fully saturated rings. The number of hydrogen-bond donors (Lipinski definition) is 1. The van der Waals surface area contributed by atoms with Gasteiger partial charge >= 0.3 is 0 Å². The van der Waals surface area contributed by atoms with Gasteiger partial charge in [0.05, 0.1) is 5.69 Å². The van der Waals surface area contributed by atoms with Crippen molar-refractivity contribution in [3.05, 3.63) is 76.8 Å². The average molecular weight is 632 g/mol. The molecule has 0 bridgehead atoms. The summed E-state index contributed by atoms with van der Waals surface area (Å²) in [5, 5.41) is 3.67. The highest BCUT2D eigenvalue weighted by Crippen LogP contribution is 2.51. The topological polar surface area (TPSA) is 86.7 Å². The second-order valence-corrected chi connectivity index (χ2v) is 13.7. The number of carbonyl (C=O) groups excluding carboxylic acids is 1. The molecule has 4 heterocycles. The lowest BCUT2D eigenvalue weighted by atomic mass is 9.61. The average Bonchev–Trinajstić information content (AvgIpc) is 3.01. The molecule has 46 heavy (non-hydrogen) atoms. The Morgan fingerprint density at radius 1 is 1.15 bits per heavy atom. The van der Waals surface area contributed by atoms with Crippen molar-refractivity contribution in [1.82, 2.24) is 30.1 Å². The second kappa shape index (κ2) is 15.0. The molecule has 1 N–H and O–H groups in total. The van der Waals surface area contributed by atoms with Crippen molar-refractivity contribution in [2.45, 2.75) is 71.1 Å². The summed E-state index contributed by atoms with van der Waals surface area (Å²) in [6, 6.07) is 7.33. The van der Waals surface area contributed by atoms with E-state index in [1.807, 2.05) is 12.3 Å². The van der Waals surface area contributed by atoms with E-state index < -0.39 is 5.82 Å². The third-order valence-electron chi connectivity index (χ3n) is 9.73. The largest absolute Gasteiger partial charge is 0.490 e. The molecular weight excluding hydrogens is 581 g/mol. The molecule has 6 rings (SSSR count). The zero-order valence-corrected chi connectivity index (χ0v) is 28.3. The highest BCUT2D eigenvalue weighted by atomic mass is 19.1. The third-order valence-corrected chi connectivity index (χ3v) is 9.73. The Bertz CT molecular complexity index is 1470. The molecule has 2 aromatic heterocycles. The van der Waals surface area contributed by atoms with Crippen molar-refractivity contribution < 1.29 is 13.9 Å². The van der Waals surface area contributed by atoms with E-state index in [1.54, 1.807) is 18.6 Å². The lowest BCUT2D eigenvalue weighted by molar-refractivity contribution is -0.0351. The normalized spacial score (nSPS) is 18.6. The van der Waals surface area contributed by atoms with Crippen LogP contribution in [0, 0.1) is 11.2 Å². The molecule has 1 spiro atoms. The zero-order valence-electron chi connectivity index (χ0n) is 28.3. The van der Waals surface area contributed by atoms with Crippen LogP contribution in [0.1, 0.15) is 78.8 Å². The van der Waals surface area contributed by atoms with Crippen LogP contribution in [0.25, 0.3) is 0 Å². The van der Waals surface area contributed by atoms with Gasteiger partial charge in [-0.25, -0.2) is 14.4 Å². The Morgan fingerprint density at radius 3 is 2.61 bits per heavy atom. The van der Waals surface area contributed by atoms with Crippen LogP contribution >= 0.6 is 0 Å². The summed E-state index contributed by atoms with van der Waals surface area (Å²) >= 11 is 0. The molecule has 9 nitrogen and oxygen atoms in total. The number of ether oxygens (including phenoxy) is 1. The van der Waals surface area contributed by atoms with E-state index in [4.69, 9.17) is 4.74 Å². The van der Waals surface area contributed by atoms with Crippen LogP contribution in [0.5, 0.6) is 5.75 Å². The minimum atomic E-state index is -0.413. The monoisotopic (exact) mass is 631 g/mol. The SMILES string of the molecule is CCN(C)C(C)C.CN(C)CCC1NCCc2nccc(OC3CC4(C3)CN(c3ncncc3Cc3ccc(F)cc3C=O)C4)c21. The Kier molecular flexibility index (Phi) is 11.0. The maximum absolute atomic E-state index is 13.6. The van der Waals surface area contributed by atoms with Crippen LogP contribution < -0.4 is 15.0 Å². The lowest BCUT2D eigenvalue weighted by Crippen LogP contribution is -2.65. The first-order valence-corrected chi connectivity index (χ1v) is 16.6. The van der Waals surface area contributed by atoms with Crippen LogP contribution in [0.2, 0.25) is 0 Å². The summed E-state index contributed by atoms with van der Waals surface area (Å²) in [7, 11) is 6.34. The summed E-state index contributed by atoms with van der Waals surface area (Å²) in [6.45, 7) is 11.5. The van der Waals surface area contributed by atoms with Crippen LogP contribution in [0.4, 0.5) is 10.2 Å². The van der Waals surface area contributed by atoms with Gasteiger partial charge < -0.3 is 24.8 Å². The third kappa shape index (κ3) is 7.90. The first-order chi connectivity index (χ1) is 22.1. The highest BCUT2D eigenvalue weighted by Gasteiger charge is 2.54. The van der Waals surface area contributed by atoms with Crippen LogP contribution in [0.15, 0.2) is 43.0 Å². The summed E-state index contributed by atoms with van der Waals surface area (Å²) in [6.07, 6.45) is 10.6. The fraction of sp³-hybridized carbons (Fsp3) is 0.556. The van der Waals surface area contributed by atoms with Gasteiger partial charge in [-0.05, 0) is 91.1 Å². The predicted molar refractivity (Wildman–Crippen MR) is 180 cm³/mol. The maximum Gasteiger partial charge on any atom is 0.150 e. The number of nitrogens with one attached hydrogen (secondary N) is 1. The van der Waals surface area contributed by atoms with E-state index in [0.29, 0.717) is 24.3 Å². The van der Waals surface area contributed by atoms with E-state index in [1.165, 1.54) is 17.7 Å². The van der Waals surface area contributed by atoms with Gasteiger partial charge in [0.15, 0.2) is 0 Å². The Labute approximate surface area is 273 Å².